The van der Waals surface area contributed by atoms with Gasteiger partial charge in [0.15, 0.2) is 0 Å². The van der Waals surface area contributed by atoms with Gasteiger partial charge >= 0.3 is 0 Å². The van der Waals surface area contributed by atoms with Gasteiger partial charge in [0.25, 0.3) is 11.5 Å². The molecule has 0 radical (unpaired) electrons. The highest BCUT2D eigenvalue weighted by Gasteiger charge is 2.20. The lowest BCUT2D eigenvalue weighted by atomic mass is 9.92. The average molecular weight is 344 g/mol. The molecule has 0 unspecified atom stereocenters. The van der Waals surface area contributed by atoms with Gasteiger partial charge in [-0.25, -0.2) is 4.98 Å². The van der Waals surface area contributed by atoms with Gasteiger partial charge in [0.1, 0.15) is 5.69 Å². The first-order valence-electron chi connectivity index (χ1n) is 8.52. The topological polar surface area (TPSA) is 107 Å². The Morgan fingerprint density at radius 1 is 1.28 bits per heavy atom. The van der Waals surface area contributed by atoms with Crippen LogP contribution in [0.5, 0.6) is 0 Å². The van der Waals surface area contributed by atoms with Crippen LogP contribution in [-0.4, -0.2) is 39.2 Å². The Morgan fingerprint density at radius 2 is 2.00 bits per heavy atom. The quantitative estimate of drug-likeness (QED) is 0.775. The summed E-state index contributed by atoms with van der Waals surface area (Å²) in [5.41, 5.74) is 1.43. The van der Waals surface area contributed by atoms with Gasteiger partial charge < -0.3 is 10.2 Å². The van der Waals surface area contributed by atoms with Crippen molar-refractivity contribution in [2.45, 2.75) is 45.6 Å². The van der Waals surface area contributed by atoms with Crippen LogP contribution in [0.25, 0.3) is 0 Å². The van der Waals surface area contributed by atoms with E-state index in [0.29, 0.717) is 17.3 Å². The predicted molar refractivity (Wildman–Crippen MR) is 94.8 cm³/mol. The Bertz CT molecular complexity index is 811. The number of carbonyl (C=O) groups excluding carboxylic acids is 1. The van der Waals surface area contributed by atoms with Gasteiger partial charge in [-0.15, -0.1) is 0 Å². The Balaban J connectivity index is 1.67. The molecule has 1 aliphatic rings. The van der Waals surface area contributed by atoms with E-state index in [-0.39, 0.29) is 23.4 Å². The van der Waals surface area contributed by atoms with E-state index in [9.17, 15) is 9.59 Å². The lowest BCUT2D eigenvalue weighted by molar-refractivity contribution is 0.0945. The maximum absolute atomic E-state index is 12.3. The fourth-order valence-electron chi connectivity index (χ4n) is 2.75. The molecule has 25 heavy (non-hydrogen) atoms. The molecule has 1 aliphatic heterocycles. The number of aromatic amines is 2. The monoisotopic (exact) mass is 344 g/mol. The average Bonchev–Trinajstić information content (AvgIpc) is 3.22. The van der Waals surface area contributed by atoms with Crippen molar-refractivity contribution in [2.24, 2.45) is 0 Å². The number of hydrogen-bond acceptors (Lipinski definition) is 5. The first-order chi connectivity index (χ1) is 11.8. The van der Waals surface area contributed by atoms with Gasteiger partial charge in [-0.2, -0.15) is 5.10 Å². The van der Waals surface area contributed by atoms with Gasteiger partial charge in [-0.1, -0.05) is 20.8 Å². The summed E-state index contributed by atoms with van der Waals surface area (Å²) in [5.74, 6) is 0.278. The van der Waals surface area contributed by atoms with Crippen molar-refractivity contribution in [3.8, 4) is 0 Å². The normalized spacial score (nSPS) is 14.8. The minimum absolute atomic E-state index is 0.107. The Hall–Kier alpha value is -2.64. The number of carbonyl (C=O) groups is 1. The van der Waals surface area contributed by atoms with Gasteiger partial charge in [-0.05, 0) is 18.9 Å². The molecule has 0 spiro atoms. The van der Waals surface area contributed by atoms with Crippen LogP contribution in [0.1, 0.15) is 55.5 Å². The zero-order valence-electron chi connectivity index (χ0n) is 14.8. The molecule has 3 rings (SSSR count). The number of rotatable bonds is 4. The molecule has 1 saturated heterocycles. The number of hydrogen-bond donors (Lipinski definition) is 3. The lowest BCUT2D eigenvalue weighted by Gasteiger charge is -2.16. The van der Waals surface area contributed by atoms with Crippen molar-refractivity contribution in [3.05, 3.63) is 39.6 Å². The first-order valence-corrected chi connectivity index (χ1v) is 8.52. The van der Waals surface area contributed by atoms with Crippen LogP contribution in [0.4, 0.5) is 5.95 Å². The highest BCUT2D eigenvalue weighted by atomic mass is 16.2. The van der Waals surface area contributed by atoms with E-state index in [1.807, 2.05) is 20.8 Å². The largest absolute Gasteiger partial charge is 0.345 e. The van der Waals surface area contributed by atoms with E-state index in [1.165, 1.54) is 6.07 Å². The minimum Gasteiger partial charge on any atom is -0.345 e. The number of nitrogens with one attached hydrogen (secondary N) is 3. The van der Waals surface area contributed by atoms with Crippen LogP contribution >= 0.6 is 0 Å². The number of anilines is 1. The third-order valence-electron chi connectivity index (χ3n) is 4.24. The summed E-state index contributed by atoms with van der Waals surface area (Å²) in [6.07, 6.45) is 2.19. The van der Waals surface area contributed by atoms with Crippen molar-refractivity contribution in [2.75, 3.05) is 18.0 Å². The number of nitrogens with zero attached hydrogens (tertiary/aromatic N) is 3. The minimum atomic E-state index is -0.295. The molecule has 1 amide bonds. The standard InChI is InChI=1S/C17H24N6O2/c1-17(2,3)13-9-12(21-22-13)15(25)18-10-11-8-14(24)20-16(19-11)23-6-4-5-7-23/h8-9H,4-7,10H2,1-3H3,(H,18,25)(H,21,22)(H,19,20,24). The van der Waals surface area contributed by atoms with Crippen LogP contribution in [0.3, 0.4) is 0 Å². The number of aromatic nitrogens is 4. The van der Waals surface area contributed by atoms with E-state index in [1.54, 1.807) is 6.07 Å². The fourth-order valence-corrected chi connectivity index (χ4v) is 2.75. The molecular weight excluding hydrogens is 320 g/mol. The molecule has 2 aromatic heterocycles. The third-order valence-corrected chi connectivity index (χ3v) is 4.24. The summed E-state index contributed by atoms with van der Waals surface area (Å²) >= 11 is 0. The Kier molecular flexibility index (Phi) is 4.61. The second kappa shape index (κ2) is 6.70. The van der Waals surface area contributed by atoms with E-state index < -0.39 is 0 Å². The second-order valence-electron chi connectivity index (χ2n) is 7.35. The molecule has 3 N–H and O–H groups in total. The van der Waals surface area contributed by atoms with Crippen LogP contribution in [0.2, 0.25) is 0 Å². The van der Waals surface area contributed by atoms with Crippen molar-refractivity contribution < 1.29 is 4.79 Å². The summed E-state index contributed by atoms with van der Waals surface area (Å²) < 4.78 is 0. The molecule has 134 valence electrons. The number of amides is 1. The molecule has 2 aromatic rings. The fraction of sp³-hybridized carbons (Fsp3) is 0.529. The summed E-state index contributed by atoms with van der Waals surface area (Å²) in [5, 5.41) is 9.72. The zero-order valence-corrected chi connectivity index (χ0v) is 14.8. The van der Waals surface area contributed by atoms with Gasteiger partial charge in [0.05, 0.1) is 12.2 Å². The number of H-pyrrole nitrogens is 2. The molecule has 0 bridgehead atoms. The summed E-state index contributed by atoms with van der Waals surface area (Å²) in [7, 11) is 0. The first kappa shape index (κ1) is 17.2. The molecule has 0 aliphatic carbocycles. The highest BCUT2D eigenvalue weighted by Crippen LogP contribution is 2.20. The van der Waals surface area contributed by atoms with Crippen molar-refractivity contribution in [1.29, 1.82) is 0 Å². The highest BCUT2D eigenvalue weighted by molar-refractivity contribution is 5.92. The predicted octanol–water partition coefficient (Wildman–Crippen LogP) is 1.32. The molecule has 0 atom stereocenters. The SMILES string of the molecule is CC(C)(C)c1cc(C(=O)NCc2cc(=O)[nH]c(N3CCCC3)n2)n[nH]1. The van der Waals surface area contributed by atoms with Crippen molar-refractivity contribution in [1.82, 2.24) is 25.5 Å². The molecule has 0 aromatic carbocycles. The summed E-state index contributed by atoms with van der Waals surface area (Å²) in [4.78, 5) is 33.4. The van der Waals surface area contributed by atoms with E-state index in [0.717, 1.165) is 31.6 Å². The molecule has 0 saturated carbocycles. The summed E-state index contributed by atoms with van der Waals surface area (Å²) in [6, 6.07) is 3.15. The van der Waals surface area contributed by atoms with E-state index in [2.05, 4.69) is 30.4 Å². The Labute approximate surface area is 146 Å². The van der Waals surface area contributed by atoms with E-state index >= 15 is 0 Å². The maximum Gasteiger partial charge on any atom is 0.272 e. The van der Waals surface area contributed by atoms with Crippen LogP contribution in [0.15, 0.2) is 16.9 Å². The van der Waals surface area contributed by atoms with Crippen LogP contribution < -0.4 is 15.8 Å². The maximum atomic E-state index is 12.3. The molecule has 8 nitrogen and oxygen atoms in total. The van der Waals surface area contributed by atoms with Gasteiger partial charge in [0, 0.05) is 30.3 Å². The second-order valence-corrected chi connectivity index (χ2v) is 7.35. The molecule has 8 heteroatoms. The zero-order chi connectivity index (χ0) is 18.0. The van der Waals surface area contributed by atoms with Gasteiger partial charge in [-0.3, -0.25) is 19.7 Å². The van der Waals surface area contributed by atoms with Gasteiger partial charge in [0.2, 0.25) is 5.95 Å². The lowest BCUT2D eigenvalue weighted by Crippen LogP contribution is -2.27. The Morgan fingerprint density at radius 3 is 2.64 bits per heavy atom. The van der Waals surface area contributed by atoms with Crippen LogP contribution in [0, 0.1) is 0 Å². The van der Waals surface area contributed by atoms with Crippen molar-refractivity contribution in [3.63, 3.8) is 0 Å². The van der Waals surface area contributed by atoms with E-state index in [4.69, 9.17) is 0 Å². The van der Waals surface area contributed by atoms with Crippen LogP contribution in [-0.2, 0) is 12.0 Å². The third kappa shape index (κ3) is 4.07. The molecular formula is C17H24N6O2. The smallest absolute Gasteiger partial charge is 0.272 e. The van der Waals surface area contributed by atoms with Crippen molar-refractivity contribution >= 4 is 11.9 Å². The summed E-state index contributed by atoms with van der Waals surface area (Å²) in [6.45, 7) is 8.09. The molecule has 1 fully saturated rings. The molecule has 3 heterocycles.